The first-order valence-electron chi connectivity index (χ1n) is 7.50. The summed E-state index contributed by atoms with van der Waals surface area (Å²) in [4.78, 5) is 22.2. The van der Waals surface area contributed by atoms with Gasteiger partial charge in [0.15, 0.2) is 0 Å². The highest BCUT2D eigenvalue weighted by atomic mass is 16.2. The monoisotopic (exact) mass is 304 g/mol. The second-order valence-corrected chi connectivity index (χ2v) is 5.77. The molecule has 0 amide bonds. The summed E-state index contributed by atoms with van der Waals surface area (Å²) in [5, 5.41) is 0. The standard InChI is InChI=1S/C18H16N4O/c1-11-8-9-16-19-12(2)17(21(16)10-11)18(23)22-13(3)20-14-6-4-5-7-15(14)22/h4-10H,1-3H3. The Bertz CT molecular complexity index is 1070. The molecule has 0 fully saturated rings. The van der Waals surface area contributed by atoms with Gasteiger partial charge in [-0.3, -0.25) is 13.8 Å². The van der Waals surface area contributed by atoms with Crippen LogP contribution in [0, 0.1) is 20.8 Å². The van der Waals surface area contributed by atoms with E-state index in [2.05, 4.69) is 9.97 Å². The van der Waals surface area contributed by atoms with Crippen LogP contribution in [0.1, 0.15) is 27.6 Å². The Labute approximate surface area is 133 Å². The van der Waals surface area contributed by atoms with Crippen molar-refractivity contribution in [3.8, 4) is 0 Å². The number of imidazole rings is 2. The SMILES string of the molecule is Cc1ccc2nc(C)c(C(=O)n3c(C)nc4ccccc43)n2c1. The molecule has 0 spiro atoms. The van der Waals surface area contributed by atoms with Crippen LogP contribution < -0.4 is 0 Å². The van der Waals surface area contributed by atoms with Crippen LogP contribution in [0.25, 0.3) is 16.7 Å². The molecule has 0 aliphatic carbocycles. The lowest BCUT2D eigenvalue weighted by atomic mass is 10.2. The Kier molecular flexibility index (Phi) is 2.84. The van der Waals surface area contributed by atoms with Gasteiger partial charge in [0.25, 0.3) is 5.91 Å². The molecule has 0 bridgehead atoms. The number of hydrogen-bond donors (Lipinski definition) is 0. The molecule has 23 heavy (non-hydrogen) atoms. The smallest absolute Gasteiger partial charge is 0.282 e. The van der Waals surface area contributed by atoms with Crippen LogP contribution in [-0.4, -0.2) is 24.8 Å². The Morgan fingerprint density at radius 2 is 1.78 bits per heavy atom. The molecule has 0 atom stereocenters. The molecule has 0 N–H and O–H groups in total. The van der Waals surface area contributed by atoms with E-state index in [4.69, 9.17) is 0 Å². The maximum Gasteiger partial charge on any atom is 0.282 e. The number of nitrogens with zero attached hydrogens (tertiary/aromatic N) is 4. The van der Waals surface area contributed by atoms with Crippen molar-refractivity contribution in [3.63, 3.8) is 0 Å². The van der Waals surface area contributed by atoms with E-state index < -0.39 is 0 Å². The Morgan fingerprint density at radius 3 is 2.61 bits per heavy atom. The minimum absolute atomic E-state index is 0.105. The van der Waals surface area contributed by atoms with Crippen LogP contribution >= 0.6 is 0 Å². The lowest BCUT2D eigenvalue weighted by Crippen LogP contribution is -2.17. The molecule has 1 aromatic carbocycles. The zero-order valence-electron chi connectivity index (χ0n) is 13.2. The summed E-state index contributed by atoms with van der Waals surface area (Å²) in [6, 6.07) is 11.6. The van der Waals surface area contributed by atoms with Crippen molar-refractivity contribution >= 4 is 22.6 Å². The van der Waals surface area contributed by atoms with Gasteiger partial charge in [0.1, 0.15) is 17.2 Å². The summed E-state index contributed by atoms with van der Waals surface area (Å²) in [6.07, 6.45) is 1.94. The summed E-state index contributed by atoms with van der Waals surface area (Å²) in [7, 11) is 0. The maximum absolute atomic E-state index is 13.2. The predicted molar refractivity (Wildman–Crippen MR) is 88.9 cm³/mol. The molecular weight excluding hydrogens is 288 g/mol. The number of hydrogen-bond acceptors (Lipinski definition) is 3. The highest BCUT2D eigenvalue weighted by Crippen LogP contribution is 2.20. The number of benzene rings is 1. The van der Waals surface area contributed by atoms with E-state index in [-0.39, 0.29) is 5.91 Å². The van der Waals surface area contributed by atoms with Crippen LogP contribution in [0.5, 0.6) is 0 Å². The molecule has 0 radical (unpaired) electrons. The van der Waals surface area contributed by atoms with Gasteiger partial charge in [-0.15, -0.1) is 0 Å². The average molecular weight is 304 g/mol. The van der Waals surface area contributed by atoms with Crippen molar-refractivity contribution < 1.29 is 4.79 Å². The van der Waals surface area contributed by atoms with Crippen molar-refractivity contribution in [3.05, 3.63) is 65.4 Å². The molecule has 0 saturated carbocycles. The molecule has 5 heteroatoms. The first-order valence-corrected chi connectivity index (χ1v) is 7.50. The van der Waals surface area contributed by atoms with Gasteiger partial charge in [0.05, 0.1) is 16.7 Å². The highest BCUT2D eigenvalue weighted by molar-refractivity contribution is 6.01. The largest absolute Gasteiger partial charge is 0.295 e. The summed E-state index contributed by atoms with van der Waals surface area (Å²) in [6.45, 7) is 5.71. The summed E-state index contributed by atoms with van der Waals surface area (Å²) >= 11 is 0. The quantitative estimate of drug-likeness (QED) is 0.542. The van der Waals surface area contributed by atoms with Crippen molar-refractivity contribution in [1.82, 2.24) is 18.9 Å². The molecule has 4 rings (SSSR count). The lowest BCUT2D eigenvalue weighted by Gasteiger charge is -2.07. The number of aryl methyl sites for hydroxylation is 3. The van der Waals surface area contributed by atoms with E-state index in [0.717, 1.165) is 27.9 Å². The maximum atomic E-state index is 13.2. The number of rotatable bonds is 1. The molecule has 0 unspecified atom stereocenters. The first-order chi connectivity index (χ1) is 11.1. The van der Waals surface area contributed by atoms with E-state index in [1.165, 1.54) is 0 Å². The molecular formula is C18H16N4O. The van der Waals surface area contributed by atoms with Crippen LogP contribution in [0.15, 0.2) is 42.6 Å². The van der Waals surface area contributed by atoms with Crippen molar-refractivity contribution in [2.24, 2.45) is 0 Å². The second kappa shape index (κ2) is 4.78. The topological polar surface area (TPSA) is 52.2 Å². The lowest BCUT2D eigenvalue weighted by molar-refractivity contribution is 0.0956. The van der Waals surface area contributed by atoms with Gasteiger partial charge in [-0.25, -0.2) is 9.97 Å². The number of aromatic nitrogens is 4. The molecule has 4 aromatic rings. The van der Waals surface area contributed by atoms with Gasteiger partial charge in [-0.05, 0) is 44.5 Å². The zero-order valence-corrected chi connectivity index (χ0v) is 13.2. The van der Waals surface area contributed by atoms with Crippen LogP contribution in [-0.2, 0) is 0 Å². The molecule has 0 aliphatic rings. The van der Waals surface area contributed by atoms with Crippen LogP contribution in [0.4, 0.5) is 0 Å². The summed E-state index contributed by atoms with van der Waals surface area (Å²) in [5.41, 5.74) is 4.79. The molecule has 5 nitrogen and oxygen atoms in total. The molecule has 3 heterocycles. The van der Waals surface area contributed by atoms with Gasteiger partial charge in [0.2, 0.25) is 0 Å². The highest BCUT2D eigenvalue weighted by Gasteiger charge is 2.22. The fourth-order valence-corrected chi connectivity index (χ4v) is 3.03. The number of carbonyl (C=O) groups is 1. The van der Waals surface area contributed by atoms with Crippen molar-refractivity contribution in [1.29, 1.82) is 0 Å². The minimum atomic E-state index is -0.105. The van der Waals surface area contributed by atoms with Gasteiger partial charge >= 0.3 is 0 Å². The van der Waals surface area contributed by atoms with E-state index >= 15 is 0 Å². The van der Waals surface area contributed by atoms with Crippen molar-refractivity contribution in [2.45, 2.75) is 20.8 Å². The Hall–Kier alpha value is -2.95. The molecule has 0 aliphatic heterocycles. The molecule has 3 aromatic heterocycles. The third-order valence-corrected chi connectivity index (χ3v) is 4.07. The second-order valence-electron chi connectivity index (χ2n) is 5.77. The summed E-state index contributed by atoms with van der Waals surface area (Å²) in [5.74, 6) is 0.574. The first kappa shape index (κ1) is 13.7. The van der Waals surface area contributed by atoms with E-state index in [1.54, 1.807) is 4.57 Å². The van der Waals surface area contributed by atoms with Gasteiger partial charge in [-0.2, -0.15) is 0 Å². The zero-order chi connectivity index (χ0) is 16.1. The van der Waals surface area contributed by atoms with Crippen LogP contribution in [0.3, 0.4) is 0 Å². The Balaban J connectivity index is 2.00. The fraction of sp³-hybridized carbons (Fsp3) is 0.167. The minimum Gasteiger partial charge on any atom is -0.295 e. The van der Waals surface area contributed by atoms with Gasteiger partial charge < -0.3 is 0 Å². The normalized spacial score (nSPS) is 11.4. The van der Waals surface area contributed by atoms with Gasteiger partial charge in [-0.1, -0.05) is 18.2 Å². The molecule has 114 valence electrons. The number of fused-ring (bicyclic) bond motifs is 2. The van der Waals surface area contributed by atoms with Crippen LogP contribution in [0.2, 0.25) is 0 Å². The van der Waals surface area contributed by atoms with E-state index in [9.17, 15) is 4.79 Å². The number of carbonyl (C=O) groups excluding carboxylic acids is 1. The predicted octanol–water partition coefficient (Wildman–Crippen LogP) is 3.30. The number of pyridine rings is 1. The van der Waals surface area contributed by atoms with Crippen molar-refractivity contribution in [2.75, 3.05) is 0 Å². The third kappa shape index (κ3) is 1.97. The van der Waals surface area contributed by atoms with E-state index in [0.29, 0.717) is 11.5 Å². The third-order valence-electron chi connectivity index (χ3n) is 4.07. The fourth-order valence-electron chi connectivity index (χ4n) is 3.03. The Morgan fingerprint density at radius 1 is 1.00 bits per heavy atom. The number of para-hydroxylation sites is 2. The molecule has 0 saturated heterocycles. The van der Waals surface area contributed by atoms with Gasteiger partial charge in [0, 0.05) is 6.20 Å². The summed E-state index contributed by atoms with van der Waals surface area (Å²) < 4.78 is 3.52. The van der Waals surface area contributed by atoms with E-state index in [1.807, 2.05) is 67.8 Å². The average Bonchev–Trinajstić information content (AvgIpc) is 3.01.